The number of ether oxygens (including phenoxy) is 2. The van der Waals surface area contributed by atoms with Gasteiger partial charge in [-0.2, -0.15) is 0 Å². The highest BCUT2D eigenvalue weighted by Gasteiger charge is 2.38. The van der Waals surface area contributed by atoms with Gasteiger partial charge in [-0.05, 0) is 45.7 Å². The third-order valence-corrected chi connectivity index (χ3v) is 3.72. The molecule has 1 aromatic rings. The molecular formula is C17H26BNO5. The average molecular weight is 335 g/mol. The van der Waals surface area contributed by atoms with Gasteiger partial charge in [-0.15, -0.1) is 0 Å². The Kier molecular flexibility index (Phi) is 5.77. The first-order valence-electron chi connectivity index (χ1n) is 8.31. The van der Waals surface area contributed by atoms with Crippen LogP contribution in [0.3, 0.4) is 0 Å². The zero-order valence-electron chi connectivity index (χ0n) is 15.0. The van der Waals surface area contributed by atoms with Crippen LogP contribution in [0.25, 0.3) is 0 Å². The zero-order valence-corrected chi connectivity index (χ0v) is 15.0. The number of fused-ring (bicyclic) bond motifs is 1. The predicted octanol–water partition coefficient (Wildman–Crippen LogP) is 2.15. The van der Waals surface area contributed by atoms with Crippen LogP contribution in [0.15, 0.2) is 18.2 Å². The van der Waals surface area contributed by atoms with Crippen LogP contribution in [-0.2, 0) is 9.39 Å². The molecule has 1 amide bonds. The molecule has 2 N–H and O–H groups in total. The van der Waals surface area contributed by atoms with Crippen LogP contribution in [0.5, 0.6) is 5.75 Å². The number of benzene rings is 1. The van der Waals surface area contributed by atoms with Gasteiger partial charge in [0.05, 0.1) is 12.2 Å². The molecule has 1 aliphatic heterocycles. The number of rotatable bonds is 5. The van der Waals surface area contributed by atoms with Crippen LogP contribution in [0.2, 0.25) is 0 Å². The molecule has 1 heterocycles. The van der Waals surface area contributed by atoms with E-state index in [9.17, 15) is 9.82 Å². The second-order valence-corrected chi connectivity index (χ2v) is 6.96. The van der Waals surface area contributed by atoms with Crippen molar-refractivity contribution in [2.75, 3.05) is 6.54 Å². The molecule has 0 aromatic heterocycles. The van der Waals surface area contributed by atoms with Gasteiger partial charge in [-0.1, -0.05) is 19.1 Å². The van der Waals surface area contributed by atoms with Crippen LogP contribution in [0.1, 0.15) is 52.7 Å². The molecule has 132 valence electrons. The van der Waals surface area contributed by atoms with Gasteiger partial charge in [0, 0.05) is 12.0 Å². The van der Waals surface area contributed by atoms with Crippen molar-refractivity contribution in [1.82, 2.24) is 5.32 Å². The van der Waals surface area contributed by atoms with Gasteiger partial charge in [0.25, 0.3) is 0 Å². The predicted molar refractivity (Wildman–Crippen MR) is 92.5 cm³/mol. The Morgan fingerprint density at radius 1 is 1.46 bits per heavy atom. The fourth-order valence-electron chi connectivity index (χ4n) is 2.45. The minimum atomic E-state index is -1.06. The molecule has 7 heteroatoms. The largest absolute Gasteiger partial charge is 0.495 e. The van der Waals surface area contributed by atoms with Crippen LogP contribution in [0, 0.1) is 0 Å². The van der Waals surface area contributed by atoms with Gasteiger partial charge in [0.15, 0.2) is 0 Å². The molecule has 0 saturated heterocycles. The molecule has 1 aromatic carbocycles. The van der Waals surface area contributed by atoms with Crippen LogP contribution >= 0.6 is 0 Å². The maximum absolute atomic E-state index is 11.8. The smallest absolute Gasteiger partial charge is 0.491 e. The Bertz CT molecular complexity index is 587. The lowest BCUT2D eigenvalue weighted by atomic mass is 9.78. The molecule has 0 bridgehead atoms. The van der Waals surface area contributed by atoms with E-state index in [1.165, 1.54) is 0 Å². The van der Waals surface area contributed by atoms with E-state index in [0.717, 1.165) is 12.0 Å². The molecule has 0 saturated carbocycles. The van der Waals surface area contributed by atoms with Gasteiger partial charge in [-0.25, -0.2) is 4.79 Å². The van der Waals surface area contributed by atoms with Gasteiger partial charge >= 0.3 is 13.2 Å². The van der Waals surface area contributed by atoms with Crippen molar-refractivity contribution in [2.45, 2.75) is 58.8 Å². The first kappa shape index (κ1) is 18.6. The van der Waals surface area contributed by atoms with E-state index < -0.39 is 24.9 Å². The summed E-state index contributed by atoms with van der Waals surface area (Å²) in [4.78, 5) is 11.8. The van der Waals surface area contributed by atoms with Crippen molar-refractivity contribution in [1.29, 1.82) is 0 Å². The Hall–Kier alpha value is -1.73. The molecule has 0 spiro atoms. The third kappa shape index (κ3) is 4.64. The molecule has 24 heavy (non-hydrogen) atoms. The number of hydrogen-bond acceptors (Lipinski definition) is 5. The molecule has 2 rings (SSSR count). The highest BCUT2D eigenvalue weighted by atomic mass is 16.6. The molecular weight excluding hydrogens is 309 g/mol. The molecule has 0 aliphatic carbocycles. The van der Waals surface area contributed by atoms with Gasteiger partial charge in [0.1, 0.15) is 11.4 Å². The quantitative estimate of drug-likeness (QED) is 0.807. The molecule has 2 unspecified atom stereocenters. The summed E-state index contributed by atoms with van der Waals surface area (Å²) in [6.07, 6.45) is -0.0451. The Balaban J connectivity index is 2.07. The monoisotopic (exact) mass is 335 g/mol. The molecule has 0 radical (unpaired) electrons. The third-order valence-electron chi connectivity index (χ3n) is 3.72. The minimum absolute atomic E-state index is 0.0441. The normalized spacial score (nSPS) is 18.1. The lowest BCUT2D eigenvalue weighted by molar-refractivity contribution is 0.0498. The fourth-order valence-corrected chi connectivity index (χ4v) is 2.45. The van der Waals surface area contributed by atoms with Gasteiger partial charge < -0.3 is 24.5 Å². The summed E-state index contributed by atoms with van der Waals surface area (Å²) >= 11 is 0. The van der Waals surface area contributed by atoms with E-state index in [2.05, 4.69) is 5.32 Å². The van der Waals surface area contributed by atoms with Crippen LogP contribution in [-0.4, -0.2) is 36.5 Å². The lowest BCUT2D eigenvalue weighted by Gasteiger charge is -2.21. The number of hydrogen-bond donors (Lipinski definition) is 2. The summed E-state index contributed by atoms with van der Waals surface area (Å²) < 4.78 is 16.6. The van der Waals surface area contributed by atoms with E-state index in [4.69, 9.17) is 14.1 Å². The van der Waals surface area contributed by atoms with Crippen LogP contribution < -0.4 is 15.5 Å². The Morgan fingerprint density at radius 3 is 2.79 bits per heavy atom. The first-order chi connectivity index (χ1) is 11.2. The Labute approximate surface area is 143 Å². The molecule has 0 fully saturated rings. The van der Waals surface area contributed by atoms with Gasteiger partial charge in [-0.3, -0.25) is 0 Å². The average Bonchev–Trinajstić information content (AvgIpc) is 2.81. The second kappa shape index (κ2) is 7.44. The summed E-state index contributed by atoms with van der Waals surface area (Å²) in [6, 6.07) is 5.55. The minimum Gasteiger partial charge on any atom is -0.491 e. The fraction of sp³-hybridized carbons (Fsp3) is 0.588. The molecule has 1 aliphatic rings. The first-order valence-corrected chi connectivity index (χ1v) is 8.31. The lowest BCUT2D eigenvalue weighted by Crippen LogP contribution is -2.35. The van der Waals surface area contributed by atoms with Gasteiger partial charge in [0.2, 0.25) is 0 Å². The number of alkyl carbamates (subject to hydrolysis) is 1. The summed E-state index contributed by atoms with van der Waals surface area (Å²) in [5.41, 5.74) is 0.892. The molecule has 6 nitrogen and oxygen atoms in total. The topological polar surface area (TPSA) is 77.0 Å². The van der Waals surface area contributed by atoms with Crippen molar-refractivity contribution in [3.05, 3.63) is 23.8 Å². The number of carbonyl (C=O) groups excluding carboxylic acids is 1. The zero-order chi connectivity index (χ0) is 17.9. The Morgan fingerprint density at radius 2 is 2.17 bits per heavy atom. The summed E-state index contributed by atoms with van der Waals surface area (Å²) in [7, 11) is -1.06. The summed E-state index contributed by atoms with van der Waals surface area (Å²) in [5.74, 6) is 0.620. The van der Waals surface area contributed by atoms with E-state index >= 15 is 0 Å². The van der Waals surface area contributed by atoms with Crippen molar-refractivity contribution in [3.8, 4) is 5.75 Å². The van der Waals surface area contributed by atoms with Crippen LogP contribution in [0.4, 0.5) is 4.79 Å². The van der Waals surface area contributed by atoms with Crippen molar-refractivity contribution >= 4 is 18.7 Å². The van der Waals surface area contributed by atoms with Crippen molar-refractivity contribution < 1.29 is 23.9 Å². The number of amides is 1. The van der Waals surface area contributed by atoms with Crippen molar-refractivity contribution in [3.63, 3.8) is 0 Å². The highest BCUT2D eigenvalue weighted by molar-refractivity contribution is 6.62. The second-order valence-electron chi connectivity index (χ2n) is 6.96. The van der Waals surface area contributed by atoms with E-state index in [1.54, 1.807) is 20.8 Å². The summed E-state index contributed by atoms with van der Waals surface area (Å²) in [6.45, 7) is 9.63. The maximum Gasteiger partial charge on any atom is 0.495 e. The highest BCUT2D eigenvalue weighted by Crippen LogP contribution is 2.28. The summed E-state index contributed by atoms with van der Waals surface area (Å²) in [5, 5.41) is 12.9. The number of carbonyl (C=O) groups is 1. The number of nitrogens with one attached hydrogen (secondary N) is 1. The standard InChI is InChI=1S/C17H26BNO5/c1-6-11(2)22-13-9-7-8-12-14(24-18(21)15(12)13)10-19-16(20)23-17(3,4)5/h7-9,11,14,21H,6,10H2,1-5H3,(H,19,20). The van der Waals surface area contributed by atoms with E-state index in [1.807, 2.05) is 32.0 Å². The molecule has 2 atom stereocenters. The SMILES string of the molecule is CCC(C)Oc1cccc2c1B(O)OC2CNC(=O)OC(C)(C)C. The maximum atomic E-state index is 11.8. The van der Waals surface area contributed by atoms with Crippen molar-refractivity contribution in [2.24, 2.45) is 0 Å². The van der Waals surface area contributed by atoms with E-state index in [0.29, 0.717) is 11.2 Å². The van der Waals surface area contributed by atoms with E-state index in [-0.39, 0.29) is 12.6 Å².